The molecule has 218 valence electrons. The van der Waals surface area contributed by atoms with E-state index >= 15 is 0 Å². The third kappa shape index (κ3) is 21.2. The van der Waals surface area contributed by atoms with E-state index in [1.807, 2.05) is 27.7 Å². The summed E-state index contributed by atoms with van der Waals surface area (Å²) in [5.41, 5.74) is 0. The Bertz CT molecular complexity index is 620. The molecule has 37 heavy (non-hydrogen) atoms. The van der Waals surface area contributed by atoms with E-state index in [9.17, 15) is 14.4 Å². The van der Waals surface area contributed by atoms with Crippen molar-refractivity contribution in [2.24, 2.45) is 11.8 Å². The fourth-order valence-corrected chi connectivity index (χ4v) is 4.39. The molecule has 2 atom stereocenters. The molecule has 2 amide bonds. The predicted octanol–water partition coefficient (Wildman–Crippen LogP) is 5.12. The Morgan fingerprint density at radius 2 is 1.27 bits per heavy atom. The summed E-state index contributed by atoms with van der Waals surface area (Å²) in [5, 5.41) is 12.9. The van der Waals surface area contributed by atoms with E-state index < -0.39 is 0 Å². The minimum Gasteiger partial charge on any atom is -0.356 e. The molecule has 0 aliphatic heterocycles. The highest BCUT2D eigenvalue weighted by molar-refractivity contribution is 5.89. The molecule has 2 unspecified atom stereocenters. The smallest absolute Gasteiger partial charge is 0.223 e. The molecule has 0 aromatic rings. The quantitative estimate of drug-likeness (QED) is 0.139. The van der Waals surface area contributed by atoms with Crippen LogP contribution in [-0.4, -0.2) is 54.9 Å². The summed E-state index contributed by atoms with van der Waals surface area (Å²) in [6, 6.07) is 0.434. The fourth-order valence-electron chi connectivity index (χ4n) is 4.39. The van der Waals surface area contributed by atoms with Crippen LogP contribution in [0, 0.1) is 11.8 Å². The van der Waals surface area contributed by atoms with Crippen LogP contribution in [0.1, 0.15) is 126 Å². The number of unbranched alkanes of at least 4 members (excludes halogenated alkanes) is 3. The third-order valence-electron chi connectivity index (χ3n) is 6.38. The van der Waals surface area contributed by atoms with Gasteiger partial charge in [-0.3, -0.25) is 14.4 Å². The first-order valence-corrected chi connectivity index (χ1v) is 15.0. The van der Waals surface area contributed by atoms with Crippen molar-refractivity contribution in [3.63, 3.8) is 0 Å². The molecular weight excluding hydrogens is 464 g/mol. The number of carbonyl (C=O) groups is 3. The molecule has 0 bridgehead atoms. The summed E-state index contributed by atoms with van der Waals surface area (Å²) in [4.78, 5) is 38.2. The molecule has 0 aliphatic rings. The van der Waals surface area contributed by atoms with Crippen molar-refractivity contribution in [1.29, 1.82) is 0 Å². The van der Waals surface area contributed by atoms with Crippen LogP contribution in [0.2, 0.25) is 0 Å². The molecular formula is C30H60N4O3. The number of ketones is 1. The maximum Gasteiger partial charge on any atom is 0.223 e. The molecule has 0 saturated carbocycles. The maximum atomic E-state index is 13.3. The summed E-state index contributed by atoms with van der Waals surface area (Å²) in [6.45, 7) is 18.2. The van der Waals surface area contributed by atoms with Crippen molar-refractivity contribution in [3.8, 4) is 0 Å². The van der Waals surface area contributed by atoms with Gasteiger partial charge in [0, 0.05) is 43.4 Å². The van der Waals surface area contributed by atoms with Crippen molar-refractivity contribution in [2.75, 3.05) is 13.1 Å². The zero-order valence-electron chi connectivity index (χ0n) is 25.4. The zero-order valence-corrected chi connectivity index (χ0v) is 25.4. The van der Waals surface area contributed by atoms with E-state index in [-0.39, 0.29) is 48.1 Å². The second-order valence-corrected chi connectivity index (χ2v) is 12.0. The lowest BCUT2D eigenvalue weighted by Gasteiger charge is -2.24. The molecule has 0 aliphatic carbocycles. The molecule has 0 heterocycles. The van der Waals surface area contributed by atoms with Crippen molar-refractivity contribution >= 4 is 17.6 Å². The SMILES string of the molecule is CC(C)CCCCC(=O)NCCCCC(NC(C)C)C(=O)CC(CCCCNC(C)C)C(=O)NC(C)C. The van der Waals surface area contributed by atoms with Crippen molar-refractivity contribution in [2.45, 2.75) is 150 Å². The average Bonchev–Trinajstić information content (AvgIpc) is 2.78. The first-order chi connectivity index (χ1) is 17.4. The summed E-state index contributed by atoms with van der Waals surface area (Å²) >= 11 is 0. The monoisotopic (exact) mass is 524 g/mol. The summed E-state index contributed by atoms with van der Waals surface area (Å²) < 4.78 is 0. The third-order valence-corrected chi connectivity index (χ3v) is 6.38. The highest BCUT2D eigenvalue weighted by Crippen LogP contribution is 2.17. The van der Waals surface area contributed by atoms with Gasteiger partial charge < -0.3 is 21.3 Å². The Morgan fingerprint density at radius 1 is 0.649 bits per heavy atom. The van der Waals surface area contributed by atoms with Crippen LogP contribution in [0.4, 0.5) is 0 Å². The van der Waals surface area contributed by atoms with Crippen LogP contribution in [0.15, 0.2) is 0 Å². The summed E-state index contributed by atoms with van der Waals surface area (Å²) in [7, 11) is 0. The fraction of sp³-hybridized carbons (Fsp3) is 0.900. The van der Waals surface area contributed by atoms with Crippen LogP contribution < -0.4 is 21.3 Å². The second-order valence-electron chi connectivity index (χ2n) is 12.0. The Morgan fingerprint density at radius 3 is 1.86 bits per heavy atom. The highest BCUT2D eigenvalue weighted by atomic mass is 16.2. The van der Waals surface area contributed by atoms with Gasteiger partial charge in [0.05, 0.1) is 6.04 Å². The van der Waals surface area contributed by atoms with Gasteiger partial charge in [0.15, 0.2) is 5.78 Å². The van der Waals surface area contributed by atoms with Gasteiger partial charge in [-0.15, -0.1) is 0 Å². The molecule has 0 aromatic heterocycles. The van der Waals surface area contributed by atoms with Crippen LogP contribution in [0.3, 0.4) is 0 Å². The van der Waals surface area contributed by atoms with E-state index in [0.29, 0.717) is 24.9 Å². The van der Waals surface area contributed by atoms with Crippen molar-refractivity contribution < 1.29 is 14.4 Å². The molecule has 4 N–H and O–H groups in total. The molecule has 7 nitrogen and oxygen atoms in total. The number of hydrogen-bond donors (Lipinski definition) is 4. The topological polar surface area (TPSA) is 99.3 Å². The normalized spacial score (nSPS) is 13.4. The number of hydrogen-bond acceptors (Lipinski definition) is 5. The summed E-state index contributed by atoms with van der Waals surface area (Å²) in [5.74, 6) is 0.622. The van der Waals surface area contributed by atoms with Crippen LogP contribution in [0.5, 0.6) is 0 Å². The molecule has 7 heteroatoms. The van der Waals surface area contributed by atoms with Gasteiger partial charge in [-0.25, -0.2) is 0 Å². The van der Waals surface area contributed by atoms with Crippen LogP contribution in [0.25, 0.3) is 0 Å². The maximum absolute atomic E-state index is 13.3. The Balaban J connectivity index is 4.68. The number of nitrogens with one attached hydrogen (secondary N) is 4. The standard InChI is InChI=1S/C30H60N4O3/c1-22(2)15-9-10-18-29(36)32-20-14-12-17-27(33-24(5)6)28(35)21-26(30(37)34-25(7)8)16-11-13-19-31-23(3)4/h22-27,31,33H,9-21H2,1-8H3,(H,32,36)(H,34,37). The Kier molecular flexibility index (Phi) is 20.6. The van der Waals surface area contributed by atoms with Gasteiger partial charge in [0.1, 0.15) is 0 Å². The molecule has 0 saturated heterocycles. The molecule has 0 fully saturated rings. The van der Waals surface area contributed by atoms with E-state index in [1.165, 1.54) is 6.42 Å². The molecule has 0 radical (unpaired) electrons. The Labute approximate surface area is 228 Å². The number of carbonyl (C=O) groups excluding carboxylic acids is 3. The second kappa shape index (κ2) is 21.5. The molecule has 0 rings (SSSR count). The van der Waals surface area contributed by atoms with Gasteiger partial charge in [-0.1, -0.05) is 60.8 Å². The first kappa shape index (κ1) is 35.5. The predicted molar refractivity (Wildman–Crippen MR) is 156 cm³/mol. The van der Waals surface area contributed by atoms with E-state index in [2.05, 4.69) is 49.0 Å². The number of amides is 2. The highest BCUT2D eigenvalue weighted by Gasteiger charge is 2.26. The first-order valence-electron chi connectivity index (χ1n) is 15.0. The average molecular weight is 525 g/mol. The number of rotatable bonds is 23. The minimum atomic E-state index is -0.291. The van der Waals surface area contributed by atoms with Gasteiger partial charge in [-0.2, -0.15) is 0 Å². The summed E-state index contributed by atoms with van der Waals surface area (Å²) in [6.07, 6.45) is 9.14. The zero-order chi connectivity index (χ0) is 28.2. The van der Waals surface area contributed by atoms with Gasteiger partial charge in [-0.05, 0) is 64.8 Å². The van der Waals surface area contributed by atoms with E-state index in [4.69, 9.17) is 0 Å². The Hall–Kier alpha value is -1.47. The van der Waals surface area contributed by atoms with E-state index in [1.54, 1.807) is 0 Å². The number of Topliss-reactive ketones (excluding diaryl/α,β-unsaturated/α-hetero) is 1. The molecule has 0 aromatic carbocycles. The van der Waals surface area contributed by atoms with Crippen LogP contribution >= 0.6 is 0 Å². The van der Waals surface area contributed by atoms with Gasteiger partial charge in [0.2, 0.25) is 11.8 Å². The van der Waals surface area contributed by atoms with Gasteiger partial charge in [0.25, 0.3) is 0 Å². The van der Waals surface area contributed by atoms with Crippen LogP contribution in [-0.2, 0) is 14.4 Å². The molecule has 0 spiro atoms. The van der Waals surface area contributed by atoms with Crippen molar-refractivity contribution in [3.05, 3.63) is 0 Å². The lowest BCUT2D eigenvalue weighted by molar-refractivity contribution is -0.131. The van der Waals surface area contributed by atoms with Crippen molar-refractivity contribution in [1.82, 2.24) is 21.3 Å². The largest absolute Gasteiger partial charge is 0.356 e. The lowest BCUT2D eigenvalue weighted by Crippen LogP contribution is -2.43. The lowest BCUT2D eigenvalue weighted by atomic mass is 9.90. The van der Waals surface area contributed by atoms with Gasteiger partial charge >= 0.3 is 0 Å². The minimum absolute atomic E-state index is 0.0143. The van der Waals surface area contributed by atoms with E-state index in [0.717, 1.165) is 57.9 Å².